The molecule has 0 radical (unpaired) electrons. The van der Waals surface area contributed by atoms with Gasteiger partial charge >= 0.3 is 17.9 Å². The van der Waals surface area contributed by atoms with Gasteiger partial charge in [-0.25, -0.2) is 0 Å². The van der Waals surface area contributed by atoms with E-state index in [2.05, 4.69) is 27.7 Å². The Labute approximate surface area is 368 Å². The summed E-state index contributed by atoms with van der Waals surface area (Å²) in [6.07, 6.45) is 49.4. The summed E-state index contributed by atoms with van der Waals surface area (Å²) in [7, 11) is 0. The lowest BCUT2D eigenvalue weighted by Gasteiger charge is -2.18. The van der Waals surface area contributed by atoms with Crippen molar-refractivity contribution < 1.29 is 28.6 Å². The van der Waals surface area contributed by atoms with Crippen molar-refractivity contribution in [1.29, 1.82) is 0 Å². The van der Waals surface area contributed by atoms with Crippen LogP contribution in [0.1, 0.15) is 297 Å². The zero-order valence-corrected chi connectivity index (χ0v) is 40.2. The summed E-state index contributed by atoms with van der Waals surface area (Å²) < 4.78 is 16.8. The molecule has 0 saturated heterocycles. The average molecular weight is 835 g/mol. The quantitative estimate of drug-likeness (QED) is 0.0345. The van der Waals surface area contributed by atoms with Crippen molar-refractivity contribution in [2.45, 2.75) is 303 Å². The maximum Gasteiger partial charge on any atom is 0.306 e. The number of hydrogen-bond acceptors (Lipinski definition) is 6. The zero-order chi connectivity index (χ0) is 43.1. The molecule has 2 atom stereocenters. The fourth-order valence-corrected chi connectivity index (χ4v) is 8.01. The van der Waals surface area contributed by atoms with E-state index < -0.39 is 6.10 Å². The number of unbranched alkanes of at least 4 members (excludes halogenated alkanes) is 34. The molecule has 0 amide bonds. The van der Waals surface area contributed by atoms with Crippen molar-refractivity contribution in [2.24, 2.45) is 5.92 Å². The van der Waals surface area contributed by atoms with Gasteiger partial charge in [-0.3, -0.25) is 14.4 Å². The number of hydrogen-bond donors (Lipinski definition) is 0. The smallest absolute Gasteiger partial charge is 0.306 e. The van der Waals surface area contributed by atoms with Gasteiger partial charge in [0.25, 0.3) is 0 Å². The number of carbonyl (C=O) groups is 3. The first-order chi connectivity index (χ1) is 28.9. The van der Waals surface area contributed by atoms with E-state index in [4.69, 9.17) is 14.2 Å². The second-order valence-electron chi connectivity index (χ2n) is 18.4. The Balaban J connectivity index is 4.30. The van der Waals surface area contributed by atoms with Crippen LogP contribution in [-0.4, -0.2) is 37.2 Å². The summed E-state index contributed by atoms with van der Waals surface area (Å²) in [5.74, 6) is 0.000404. The summed E-state index contributed by atoms with van der Waals surface area (Å²) >= 11 is 0. The highest BCUT2D eigenvalue weighted by molar-refractivity contribution is 5.71. The lowest BCUT2D eigenvalue weighted by atomic mass is 9.99. The average Bonchev–Trinajstić information content (AvgIpc) is 3.23. The van der Waals surface area contributed by atoms with Gasteiger partial charge in [-0.2, -0.15) is 0 Å². The van der Waals surface area contributed by atoms with Gasteiger partial charge in [0.1, 0.15) is 13.2 Å². The van der Waals surface area contributed by atoms with Crippen LogP contribution in [0.25, 0.3) is 0 Å². The van der Waals surface area contributed by atoms with Gasteiger partial charge in [0.05, 0.1) is 0 Å². The SMILES string of the molecule is CCCCCCCCCCCCCCCCCCC(=O)OC[C@H](COC(=O)CCCCCCCCCCCCCCC)OC(=O)CCCCCCCCCCC(C)CC. The summed E-state index contributed by atoms with van der Waals surface area (Å²) in [5, 5.41) is 0. The van der Waals surface area contributed by atoms with E-state index >= 15 is 0 Å². The molecule has 0 spiro atoms. The van der Waals surface area contributed by atoms with Crippen LogP contribution in [0.4, 0.5) is 0 Å². The van der Waals surface area contributed by atoms with Gasteiger partial charge in [-0.1, -0.05) is 259 Å². The minimum atomic E-state index is -0.761. The molecule has 0 aromatic carbocycles. The van der Waals surface area contributed by atoms with Crippen LogP contribution >= 0.6 is 0 Å². The van der Waals surface area contributed by atoms with E-state index in [0.29, 0.717) is 19.3 Å². The van der Waals surface area contributed by atoms with Crippen LogP contribution in [0.15, 0.2) is 0 Å². The van der Waals surface area contributed by atoms with E-state index in [0.717, 1.165) is 63.7 Å². The van der Waals surface area contributed by atoms with Crippen molar-refractivity contribution in [1.82, 2.24) is 0 Å². The van der Waals surface area contributed by atoms with Gasteiger partial charge in [-0.05, 0) is 25.2 Å². The highest BCUT2D eigenvalue weighted by Crippen LogP contribution is 2.18. The summed E-state index contributed by atoms with van der Waals surface area (Å²) in [6, 6.07) is 0. The molecular formula is C53H102O6. The predicted molar refractivity (Wildman–Crippen MR) is 252 cm³/mol. The van der Waals surface area contributed by atoms with Crippen LogP contribution in [0, 0.1) is 5.92 Å². The lowest BCUT2D eigenvalue weighted by molar-refractivity contribution is -0.167. The van der Waals surface area contributed by atoms with E-state index in [9.17, 15) is 14.4 Å². The lowest BCUT2D eigenvalue weighted by Crippen LogP contribution is -2.30. The van der Waals surface area contributed by atoms with Crippen molar-refractivity contribution in [3.8, 4) is 0 Å². The summed E-state index contributed by atoms with van der Waals surface area (Å²) in [6.45, 7) is 9.03. The molecule has 1 unspecified atom stereocenters. The molecule has 0 aliphatic rings. The number of carbonyl (C=O) groups excluding carboxylic acids is 3. The second-order valence-corrected chi connectivity index (χ2v) is 18.4. The first kappa shape index (κ1) is 57.4. The van der Waals surface area contributed by atoms with Gasteiger partial charge in [0, 0.05) is 19.3 Å². The van der Waals surface area contributed by atoms with Crippen LogP contribution < -0.4 is 0 Å². The third-order valence-electron chi connectivity index (χ3n) is 12.4. The molecule has 6 nitrogen and oxygen atoms in total. The van der Waals surface area contributed by atoms with Gasteiger partial charge < -0.3 is 14.2 Å². The fraction of sp³-hybridized carbons (Fsp3) is 0.943. The van der Waals surface area contributed by atoms with Crippen molar-refractivity contribution in [2.75, 3.05) is 13.2 Å². The molecule has 6 heteroatoms. The molecule has 350 valence electrons. The highest BCUT2D eigenvalue weighted by atomic mass is 16.6. The molecule has 0 bridgehead atoms. The van der Waals surface area contributed by atoms with E-state index in [1.807, 2.05) is 0 Å². The maximum atomic E-state index is 12.8. The van der Waals surface area contributed by atoms with Crippen LogP contribution in [0.2, 0.25) is 0 Å². The molecule has 0 fully saturated rings. The Hall–Kier alpha value is -1.59. The maximum absolute atomic E-state index is 12.8. The molecular weight excluding hydrogens is 733 g/mol. The summed E-state index contributed by atoms with van der Waals surface area (Å²) in [5.41, 5.74) is 0. The summed E-state index contributed by atoms with van der Waals surface area (Å²) in [4.78, 5) is 37.9. The Morgan fingerprint density at radius 3 is 0.881 bits per heavy atom. The standard InChI is InChI=1S/C53H102O6/c1-5-8-10-12-14-16-18-20-21-22-24-26-28-33-37-41-45-52(55)58-48-50(59-53(56)46-42-38-34-30-29-31-35-39-43-49(4)7-3)47-57-51(54)44-40-36-32-27-25-23-19-17-15-13-11-9-6-2/h49-50H,5-48H2,1-4H3/t49?,50-/m0/s1. The zero-order valence-electron chi connectivity index (χ0n) is 40.2. The molecule has 0 aliphatic heterocycles. The first-order valence-electron chi connectivity index (χ1n) is 26.4. The normalized spacial score (nSPS) is 12.4. The van der Waals surface area contributed by atoms with Crippen molar-refractivity contribution in [3.63, 3.8) is 0 Å². The highest BCUT2D eigenvalue weighted by Gasteiger charge is 2.19. The van der Waals surface area contributed by atoms with Gasteiger partial charge in [-0.15, -0.1) is 0 Å². The van der Waals surface area contributed by atoms with Crippen LogP contribution in [-0.2, 0) is 28.6 Å². The van der Waals surface area contributed by atoms with Crippen molar-refractivity contribution >= 4 is 17.9 Å². The number of esters is 3. The van der Waals surface area contributed by atoms with E-state index in [1.165, 1.54) is 193 Å². The van der Waals surface area contributed by atoms with Crippen LogP contribution in [0.3, 0.4) is 0 Å². The monoisotopic (exact) mass is 835 g/mol. The van der Waals surface area contributed by atoms with Gasteiger partial charge in [0.15, 0.2) is 6.10 Å². The largest absolute Gasteiger partial charge is 0.462 e. The molecule has 0 aliphatic carbocycles. The Bertz CT molecular complexity index is 889. The predicted octanol–water partition coefficient (Wildman–Crippen LogP) is 17.1. The van der Waals surface area contributed by atoms with E-state index in [1.54, 1.807) is 0 Å². The third kappa shape index (κ3) is 45.8. The fourth-order valence-electron chi connectivity index (χ4n) is 8.01. The van der Waals surface area contributed by atoms with Gasteiger partial charge in [0.2, 0.25) is 0 Å². The molecule has 0 rings (SSSR count). The van der Waals surface area contributed by atoms with Crippen LogP contribution in [0.5, 0.6) is 0 Å². The molecule has 0 heterocycles. The topological polar surface area (TPSA) is 78.9 Å². The Morgan fingerprint density at radius 2 is 0.593 bits per heavy atom. The minimum Gasteiger partial charge on any atom is -0.462 e. The molecule has 0 aromatic heterocycles. The molecule has 0 aromatic rings. The first-order valence-corrected chi connectivity index (χ1v) is 26.4. The number of ether oxygens (including phenoxy) is 3. The number of rotatable bonds is 48. The Morgan fingerprint density at radius 1 is 0.339 bits per heavy atom. The minimum absolute atomic E-state index is 0.0630. The Kier molecular flexibility index (Phi) is 46.2. The molecule has 59 heavy (non-hydrogen) atoms. The van der Waals surface area contributed by atoms with Crippen molar-refractivity contribution in [3.05, 3.63) is 0 Å². The second kappa shape index (κ2) is 47.5. The molecule has 0 N–H and O–H groups in total. The third-order valence-corrected chi connectivity index (χ3v) is 12.4. The molecule has 0 saturated carbocycles. The van der Waals surface area contributed by atoms with E-state index in [-0.39, 0.29) is 31.1 Å².